The van der Waals surface area contributed by atoms with Gasteiger partial charge in [0.2, 0.25) is 0 Å². The van der Waals surface area contributed by atoms with Gasteiger partial charge in [0.05, 0.1) is 21.2 Å². The molecule has 2 heterocycles. The van der Waals surface area contributed by atoms with Crippen molar-refractivity contribution in [3.05, 3.63) is 45.4 Å². The van der Waals surface area contributed by atoms with Gasteiger partial charge in [-0.1, -0.05) is 0 Å². The van der Waals surface area contributed by atoms with Crippen molar-refractivity contribution >= 4 is 42.4 Å². The van der Waals surface area contributed by atoms with E-state index < -0.39 is 4.92 Å². The van der Waals surface area contributed by atoms with Crippen LogP contribution >= 0.6 is 20.5 Å². The molecule has 0 bridgehead atoms. The molecule has 1 atom stereocenters. The van der Waals surface area contributed by atoms with Crippen molar-refractivity contribution in [2.75, 3.05) is 4.41 Å². The predicted molar refractivity (Wildman–Crippen MR) is 82.6 cm³/mol. The summed E-state index contributed by atoms with van der Waals surface area (Å²) >= 11 is 0. The summed E-state index contributed by atoms with van der Waals surface area (Å²) in [5.74, 6) is 0. The van der Waals surface area contributed by atoms with Crippen molar-refractivity contribution in [2.24, 2.45) is 5.10 Å². The minimum Gasteiger partial charge on any atom is -0.258 e. The molecule has 0 N–H and O–H groups in total. The Hall–Kier alpha value is -1.60. The lowest BCUT2D eigenvalue weighted by Gasteiger charge is -2.16. The van der Waals surface area contributed by atoms with Gasteiger partial charge in [-0.15, -0.1) is 0 Å². The van der Waals surface area contributed by atoms with Crippen molar-refractivity contribution in [2.45, 2.75) is 13.8 Å². The average Bonchev–Trinajstić information content (AvgIpc) is 2.92. The predicted octanol–water partition coefficient (Wildman–Crippen LogP) is 3.71. The van der Waals surface area contributed by atoms with Gasteiger partial charge in [0.1, 0.15) is 0 Å². The van der Waals surface area contributed by atoms with Gasteiger partial charge < -0.3 is 0 Å². The molecule has 7 heteroatoms. The zero-order valence-corrected chi connectivity index (χ0v) is 12.0. The second-order valence-corrected chi connectivity index (χ2v) is 7.41. The van der Waals surface area contributed by atoms with Crippen LogP contribution in [0, 0.1) is 10.1 Å². The largest absolute Gasteiger partial charge is 0.269 e. The van der Waals surface area contributed by atoms with Gasteiger partial charge in [-0.2, -0.15) is 5.10 Å². The number of hydrogen-bond donors (Lipinski definition) is 0. The highest BCUT2D eigenvalue weighted by Gasteiger charge is 2.28. The minimum absolute atomic E-state index is 0.101. The summed E-state index contributed by atoms with van der Waals surface area (Å²) in [5, 5.41) is 17.4. The molecule has 0 aromatic heterocycles. The number of rotatable bonds is 2. The molecule has 19 heavy (non-hydrogen) atoms. The highest BCUT2D eigenvalue weighted by molar-refractivity contribution is 8.86. The number of hydrogen-bond acceptors (Lipinski definition) is 5. The van der Waals surface area contributed by atoms with Crippen LogP contribution in [-0.4, -0.2) is 15.5 Å². The van der Waals surface area contributed by atoms with Crippen LogP contribution in [0.2, 0.25) is 0 Å². The summed E-state index contributed by atoms with van der Waals surface area (Å²) < 4.78 is 1.95. The van der Waals surface area contributed by atoms with Gasteiger partial charge in [-0.05, 0) is 47.8 Å². The van der Waals surface area contributed by atoms with Gasteiger partial charge in [-0.3, -0.25) is 10.1 Å². The summed E-state index contributed by atoms with van der Waals surface area (Å²) in [6.07, 6.45) is 0. The Morgan fingerprint density at radius 1 is 1.32 bits per heavy atom. The lowest BCUT2D eigenvalue weighted by Crippen LogP contribution is -2.05. The van der Waals surface area contributed by atoms with Crippen LogP contribution < -0.4 is 4.41 Å². The molecule has 0 aliphatic carbocycles. The Kier molecular flexibility index (Phi) is 2.94. The molecule has 1 aromatic rings. The van der Waals surface area contributed by atoms with E-state index in [1.54, 1.807) is 22.9 Å². The van der Waals surface area contributed by atoms with E-state index in [-0.39, 0.29) is 15.4 Å². The molecular formula is C12H11N3O2S2. The summed E-state index contributed by atoms with van der Waals surface area (Å²) in [4.78, 5) is 11.6. The molecule has 2 aliphatic rings. The van der Waals surface area contributed by atoms with Crippen molar-refractivity contribution in [3.63, 3.8) is 0 Å². The molecule has 1 aromatic carbocycles. The second-order valence-electron chi connectivity index (χ2n) is 4.21. The highest BCUT2D eigenvalue weighted by atomic mass is 33.1. The highest BCUT2D eigenvalue weighted by Crippen LogP contribution is 2.50. The van der Waals surface area contributed by atoms with Crippen LogP contribution in [0.15, 0.2) is 40.3 Å². The molecular weight excluding hydrogens is 282 g/mol. The third kappa shape index (κ3) is 1.98. The molecule has 5 nitrogen and oxygen atoms in total. The van der Waals surface area contributed by atoms with Crippen LogP contribution in [0.3, 0.4) is 0 Å². The average molecular weight is 293 g/mol. The second kappa shape index (κ2) is 4.50. The maximum Gasteiger partial charge on any atom is 0.269 e. The molecule has 3 rings (SSSR count). The molecule has 0 fully saturated rings. The number of non-ortho nitro benzene ring substituents is 1. The maximum absolute atomic E-state index is 10.7. The minimum atomic E-state index is -0.391. The van der Waals surface area contributed by atoms with Gasteiger partial charge in [0.15, 0.2) is 0 Å². The summed E-state index contributed by atoms with van der Waals surface area (Å²) in [7, 11) is 1.61. The van der Waals surface area contributed by atoms with Crippen LogP contribution in [-0.2, 0) is 0 Å². The molecule has 1 unspecified atom stereocenters. The fourth-order valence-corrected chi connectivity index (χ4v) is 6.24. The quantitative estimate of drug-likeness (QED) is 0.361. The number of nitro benzene ring substituents is 1. The monoisotopic (exact) mass is 293 g/mol. The summed E-state index contributed by atoms with van der Waals surface area (Å²) in [6.45, 7) is 4.09. The first-order valence-electron chi connectivity index (χ1n) is 5.64. The summed E-state index contributed by atoms with van der Waals surface area (Å²) in [5.41, 5.74) is 3.28. The topological polar surface area (TPSA) is 58.7 Å². The number of allylic oxidation sites excluding steroid dienone is 1. The SMILES string of the molecule is CC1=CSS2=C1C(C)=NN2c1ccc([N+](=O)[O-])cc1. The summed E-state index contributed by atoms with van der Waals surface area (Å²) in [6, 6.07) is 6.53. The Balaban J connectivity index is 1.97. The molecule has 0 spiro atoms. The van der Waals surface area contributed by atoms with Crippen molar-refractivity contribution < 1.29 is 4.92 Å². The van der Waals surface area contributed by atoms with E-state index in [2.05, 4.69) is 17.4 Å². The van der Waals surface area contributed by atoms with Gasteiger partial charge in [-0.25, -0.2) is 4.41 Å². The first-order chi connectivity index (χ1) is 9.08. The molecule has 0 saturated heterocycles. The maximum atomic E-state index is 10.7. The number of hydrazone groups is 1. The Labute approximate surface area is 116 Å². The fourth-order valence-electron chi connectivity index (χ4n) is 1.97. The van der Waals surface area contributed by atoms with Crippen molar-refractivity contribution in [1.82, 2.24) is 0 Å². The Morgan fingerprint density at radius 2 is 2.00 bits per heavy atom. The molecule has 0 saturated carbocycles. The third-order valence-corrected chi connectivity index (χ3v) is 6.82. The van der Waals surface area contributed by atoms with Gasteiger partial charge in [0.25, 0.3) is 5.69 Å². The zero-order chi connectivity index (χ0) is 13.6. The normalized spacial score (nSPS) is 21.3. The third-order valence-electron chi connectivity index (χ3n) is 2.86. The van der Waals surface area contributed by atoms with Crippen LogP contribution in [0.5, 0.6) is 0 Å². The molecule has 98 valence electrons. The van der Waals surface area contributed by atoms with E-state index in [4.69, 9.17) is 0 Å². The van der Waals surface area contributed by atoms with Crippen LogP contribution in [0.1, 0.15) is 13.8 Å². The lowest BCUT2D eigenvalue weighted by molar-refractivity contribution is -0.384. The Bertz CT molecular complexity index is 662. The molecule has 0 amide bonds. The fraction of sp³-hybridized carbons (Fsp3) is 0.167. The van der Waals surface area contributed by atoms with Gasteiger partial charge >= 0.3 is 0 Å². The molecule has 0 radical (unpaired) electrons. The molecule has 2 aliphatic heterocycles. The van der Waals surface area contributed by atoms with Crippen LogP contribution in [0.25, 0.3) is 0 Å². The number of nitro groups is 1. The van der Waals surface area contributed by atoms with E-state index in [0.29, 0.717) is 0 Å². The standard InChI is InChI=1S/C12H11N3O2S2/c1-8-7-18-19-12(8)9(2)13-14(19)10-3-5-11(6-4-10)15(16)17/h3-7H,1-2H3. The van der Waals surface area contributed by atoms with E-state index in [1.165, 1.54) is 22.6 Å². The van der Waals surface area contributed by atoms with Gasteiger partial charge in [0, 0.05) is 21.8 Å². The Morgan fingerprint density at radius 3 is 2.63 bits per heavy atom. The first kappa shape index (κ1) is 12.4. The number of anilines is 1. The number of nitrogens with zero attached hydrogens (tertiary/aromatic N) is 3. The first-order valence-corrected chi connectivity index (χ1v) is 8.21. The lowest BCUT2D eigenvalue weighted by atomic mass is 10.2. The van der Waals surface area contributed by atoms with E-state index >= 15 is 0 Å². The zero-order valence-electron chi connectivity index (χ0n) is 10.4. The number of benzene rings is 1. The van der Waals surface area contributed by atoms with Crippen LogP contribution in [0.4, 0.5) is 11.4 Å². The smallest absolute Gasteiger partial charge is 0.258 e. The van der Waals surface area contributed by atoms with E-state index in [9.17, 15) is 10.1 Å². The van der Waals surface area contributed by atoms with E-state index in [0.717, 1.165) is 11.4 Å². The van der Waals surface area contributed by atoms with Crippen molar-refractivity contribution in [3.8, 4) is 0 Å². The van der Waals surface area contributed by atoms with E-state index in [1.807, 2.05) is 11.3 Å². The van der Waals surface area contributed by atoms with Crippen molar-refractivity contribution in [1.29, 1.82) is 0 Å².